The van der Waals surface area contributed by atoms with E-state index in [1.165, 1.54) is 6.33 Å². The molecule has 0 unspecified atom stereocenters. The minimum Gasteiger partial charge on any atom is -0.379 e. The van der Waals surface area contributed by atoms with Crippen molar-refractivity contribution in [2.75, 3.05) is 50.1 Å². The molecule has 2 aromatic carbocycles. The van der Waals surface area contributed by atoms with Crippen LogP contribution in [0.2, 0.25) is 0 Å². The van der Waals surface area contributed by atoms with Crippen molar-refractivity contribution < 1.29 is 14.5 Å². The van der Waals surface area contributed by atoms with Crippen LogP contribution in [0.1, 0.15) is 23.5 Å². The van der Waals surface area contributed by atoms with Crippen LogP contribution in [-0.2, 0) is 9.53 Å². The van der Waals surface area contributed by atoms with Gasteiger partial charge in [-0.05, 0) is 24.1 Å². The van der Waals surface area contributed by atoms with Gasteiger partial charge in [-0.3, -0.25) is 30.7 Å². The topological polar surface area (TPSA) is 135 Å². The van der Waals surface area contributed by atoms with Crippen molar-refractivity contribution in [1.82, 2.24) is 20.3 Å². The van der Waals surface area contributed by atoms with Crippen LogP contribution in [0.3, 0.4) is 0 Å². The van der Waals surface area contributed by atoms with Gasteiger partial charge in [0, 0.05) is 19.6 Å². The van der Waals surface area contributed by atoms with Crippen molar-refractivity contribution in [3.63, 3.8) is 0 Å². The number of nitrogens with one attached hydrogen (secondary N) is 3. The van der Waals surface area contributed by atoms with Crippen molar-refractivity contribution in [3.8, 4) is 0 Å². The van der Waals surface area contributed by atoms with Gasteiger partial charge in [-0.1, -0.05) is 60.7 Å². The molecule has 0 saturated carbocycles. The van der Waals surface area contributed by atoms with Crippen LogP contribution in [0.25, 0.3) is 0 Å². The zero-order valence-corrected chi connectivity index (χ0v) is 19.8. The Kier molecular flexibility index (Phi) is 8.73. The first-order chi connectivity index (χ1) is 17.6. The number of rotatable bonds is 11. The Morgan fingerprint density at radius 3 is 2.22 bits per heavy atom. The second-order valence-electron chi connectivity index (χ2n) is 8.28. The Bertz CT molecular complexity index is 1100. The molecule has 0 spiro atoms. The Labute approximate surface area is 209 Å². The lowest BCUT2D eigenvalue weighted by Crippen LogP contribution is -2.37. The Hall–Kier alpha value is -4.09. The minimum atomic E-state index is -0.612. The molecule has 4 rings (SSSR count). The molecule has 1 aliphatic rings. The molecule has 1 amide bonds. The zero-order valence-electron chi connectivity index (χ0n) is 19.8. The lowest BCUT2D eigenvalue weighted by Gasteiger charge is -2.26. The van der Waals surface area contributed by atoms with Gasteiger partial charge >= 0.3 is 5.69 Å². The molecule has 0 atom stereocenters. The highest BCUT2D eigenvalue weighted by Gasteiger charge is 2.26. The molecular formula is C25H29N7O4. The van der Waals surface area contributed by atoms with Gasteiger partial charge < -0.3 is 10.1 Å². The number of carbonyl (C=O) groups excluding carboxylic acids is 1. The van der Waals surface area contributed by atoms with Gasteiger partial charge in [0.2, 0.25) is 17.5 Å². The molecule has 1 saturated heterocycles. The lowest BCUT2D eigenvalue weighted by molar-refractivity contribution is -0.383. The molecule has 3 aromatic rings. The van der Waals surface area contributed by atoms with Crippen molar-refractivity contribution >= 4 is 23.2 Å². The summed E-state index contributed by atoms with van der Waals surface area (Å²) in [5, 5.41) is 14.9. The highest BCUT2D eigenvalue weighted by molar-refractivity contribution is 5.88. The summed E-state index contributed by atoms with van der Waals surface area (Å²) in [6, 6.07) is 18.6. The fraction of sp³-hybridized carbons (Fsp3) is 0.320. The van der Waals surface area contributed by atoms with Gasteiger partial charge in [-0.25, -0.2) is 9.97 Å². The van der Waals surface area contributed by atoms with E-state index >= 15 is 0 Å². The van der Waals surface area contributed by atoms with Crippen LogP contribution in [0.4, 0.5) is 17.3 Å². The Morgan fingerprint density at radius 2 is 1.61 bits per heavy atom. The van der Waals surface area contributed by atoms with Crippen LogP contribution < -0.4 is 16.2 Å². The molecule has 11 heteroatoms. The summed E-state index contributed by atoms with van der Waals surface area (Å²) in [4.78, 5) is 34.9. The number of anilines is 2. The van der Waals surface area contributed by atoms with E-state index in [4.69, 9.17) is 4.74 Å². The van der Waals surface area contributed by atoms with Crippen LogP contribution in [0, 0.1) is 10.1 Å². The molecule has 36 heavy (non-hydrogen) atoms. The number of hydrogen-bond acceptors (Lipinski definition) is 9. The molecule has 0 bridgehead atoms. The van der Waals surface area contributed by atoms with Gasteiger partial charge in [0.25, 0.3) is 0 Å². The van der Waals surface area contributed by atoms with E-state index in [-0.39, 0.29) is 23.2 Å². The smallest absolute Gasteiger partial charge is 0.354 e. The number of nitro groups is 1. The van der Waals surface area contributed by atoms with Crippen molar-refractivity contribution in [2.24, 2.45) is 0 Å². The summed E-state index contributed by atoms with van der Waals surface area (Å²) in [6.07, 6.45) is 2.01. The van der Waals surface area contributed by atoms with Gasteiger partial charge in [-0.2, -0.15) is 0 Å². The van der Waals surface area contributed by atoms with Crippen LogP contribution >= 0.6 is 0 Å². The van der Waals surface area contributed by atoms with E-state index in [0.717, 1.165) is 50.4 Å². The Balaban J connectivity index is 1.43. The second-order valence-corrected chi connectivity index (χ2v) is 8.28. The summed E-state index contributed by atoms with van der Waals surface area (Å²) < 4.78 is 5.35. The number of amides is 1. The first kappa shape index (κ1) is 25.0. The largest absolute Gasteiger partial charge is 0.379 e. The monoisotopic (exact) mass is 491 g/mol. The maximum atomic E-state index is 13.2. The van der Waals surface area contributed by atoms with Crippen LogP contribution in [0.15, 0.2) is 67.0 Å². The number of aromatic nitrogens is 2. The number of morpholine rings is 1. The van der Waals surface area contributed by atoms with Crippen molar-refractivity contribution in [2.45, 2.75) is 12.3 Å². The summed E-state index contributed by atoms with van der Waals surface area (Å²) in [6.45, 7) is 4.58. The van der Waals surface area contributed by atoms with E-state index in [1.807, 2.05) is 60.7 Å². The quantitative estimate of drug-likeness (QED) is 0.210. The third-order valence-corrected chi connectivity index (χ3v) is 5.88. The van der Waals surface area contributed by atoms with Crippen molar-refractivity contribution in [3.05, 3.63) is 88.2 Å². The third kappa shape index (κ3) is 6.52. The maximum absolute atomic E-state index is 13.2. The first-order valence-corrected chi connectivity index (χ1v) is 11.8. The average molecular weight is 492 g/mol. The second kappa shape index (κ2) is 12.6. The summed E-state index contributed by atoms with van der Waals surface area (Å²) in [5.41, 5.74) is 6.50. The summed E-state index contributed by atoms with van der Waals surface area (Å²) in [7, 11) is 0. The van der Waals surface area contributed by atoms with Crippen molar-refractivity contribution in [1.29, 1.82) is 0 Å². The van der Waals surface area contributed by atoms with E-state index in [2.05, 4.69) is 31.0 Å². The van der Waals surface area contributed by atoms with Crippen LogP contribution in [-0.4, -0.2) is 65.1 Å². The molecule has 188 valence electrons. The lowest BCUT2D eigenvalue weighted by atomic mass is 9.91. The zero-order chi connectivity index (χ0) is 25.2. The van der Waals surface area contributed by atoms with E-state index in [9.17, 15) is 14.9 Å². The number of hydrazine groups is 1. The number of benzene rings is 2. The molecule has 0 aliphatic carbocycles. The predicted molar refractivity (Wildman–Crippen MR) is 136 cm³/mol. The minimum absolute atomic E-state index is 0.0939. The highest BCUT2D eigenvalue weighted by atomic mass is 16.6. The third-order valence-electron chi connectivity index (χ3n) is 5.88. The standard InChI is InChI=1S/C25H29N7O4/c33-25(21(19-8-3-1-4-9-19)20-10-5-2-6-11-20)30-29-24-22(32(34)35)23(27-18-28-24)26-12-7-13-31-14-16-36-17-15-31/h1-6,8-11,18,21H,7,12-17H2,(H,30,33)(H2,26,27,28,29). The molecule has 3 N–H and O–H groups in total. The van der Waals surface area contributed by atoms with E-state index in [1.54, 1.807) is 0 Å². The fourth-order valence-electron chi connectivity index (χ4n) is 4.09. The van der Waals surface area contributed by atoms with Gasteiger partial charge in [-0.15, -0.1) is 0 Å². The molecule has 0 radical (unpaired) electrons. The van der Waals surface area contributed by atoms with Gasteiger partial charge in [0.1, 0.15) is 6.33 Å². The highest BCUT2D eigenvalue weighted by Crippen LogP contribution is 2.29. The average Bonchev–Trinajstić information content (AvgIpc) is 2.92. The number of nitrogens with zero attached hydrogens (tertiary/aromatic N) is 4. The molecule has 1 aliphatic heterocycles. The molecule has 2 heterocycles. The van der Waals surface area contributed by atoms with E-state index < -0.39 is 10.8 Å². The maximum Gasteiger partial charge on any atom is 0.354 e. The van der Waals surface area contributed by atoms with Gasteiger partial charge in [0.15, 0.2) is 0 Å². The number of carbonyl (C=O) groups is 1. The van der Waals surface area contributed by atoms with E-state index in [0.29, 0.717) is 6.54 Å². The summed E-state index contributed by atoms with van der Waals surface area (Å²) in [5.74, 6) is -0.991. The molecule has 11 nitrogen and oxygen atoms in total. The van der Waals surface area contributed by atoms with Gasteiger partial charge in [0.05, 0.1) is 24.1 Å². The number of ether oxygens (including phenoxy) is 1. The Morgan fingerprint density at radius 1 is 1.00 bits per heavy atom. The predicted octanol–water partition coefficient (Wildman–Crippen LogP) is 2.79. The van der Waals surface area contributed by atoms with Crippen LogP contribution in [0.5, 0.6) is 0 Å². The SMILES string of the molecule is O=C(NNc1ncnc(NCCCN2CCOCC2)c1[N+](=O)[O-])C(c1ccccc1)c1ccccc1. The summed E-state index contributed by atoms with van der Waals surface area (Å²) >= 11 is 0. The normalized spacial score (nSPS) is 13.8. The molecular weight excluding hydrogens is 462 g/mol. The molecule has 1 fully saturated rings. The fourth-order valence-corrected chi connectivity index (χ4v) is 4.09. The number of hydrogen-bond donors (Lipinski definition) is 3. The first-order valence-electron chi connectivity index (χ1n) is 11.8. The molecule has 1 aromatic heterocycles.